The first-order valence-electron chi connectivity index (χ1n) is 7.52. The Morgan fingerprint density at radius 3 is 2.48 bits per heavy atom. The van der Waals surface area contributed by atoms with Gasteiger partial charge in [-0.3, -0.25) is 4.72 Å². The summed E-state index contributed by atoms with van der Waals surface area (Å²) in [5, 5.41) is 0. The van der Waals surface area contributed by atoms with Crippen molar-refractivity contribution in [3.63, 3.8) is 0 Å². The van der Waals surface area contributed by atoms with Crippen LogP contribution >= 0.6 is 11.9 Å². The van der Waals surface area contributed by atoms with Gasteiger partial charge in [-0.25, -0.2) is 0 Å². The summed E-state index contributed by atoms with van der Waals surface area (Å²) in [6.45, 7) is 0.954. The molecule has 0 aliphatic rings. The van der Waals surface area contributed by atoms with E-state index in [1.165, 1.54) is 0 Å². The van der Waals surface area contributed by atoms with Crippen LogP contribution in [0.1, 0.15) is 11.1 Å². The molecule has 2 aromatic carbocycles. The first-order chi connectivity index (χ1) is 11.2. The van der Waals surface area contributed by atoms with Crippen LogP contribution in [0, 0.1) is 0 Å². The van der Waals surface area contributed by atoms with Crippen LogP contribution in [0.3, 0.4) is 0 Å². The van der Waals surface area contributed by atoms with Gasteiger partial charge in [0.25, 0.3) is 0 Å². The Morgan fingerprint density at radius 2 is 1.78 bits per heavy atom. The van der Waals surface area contributed by atoms with Crippen molar-refractivity contribution in [1.82, 2.24) is 4.72 Å². The summed E-state index contributed by atoms with van der Waals surface area (Å²) >= 11 is 1.56. The number of nitrogens with two attached hydrogens (primary N) is 1. The van der Waals surface area contributed by atoms with Crippen molar-refractivity contribution >= 4 is 11.9 Å². The van der Waals surface area contributed by atoms with Gasteiger partial charge in [0.15, 0.2) is 0 Å². The Morgan fingerprint density at radius 1 is 1.09 bits per heavy atom. The van der Waals surface area contributed by atoms with Crippen LogP contribution in [0.4, 0.5) is 0 Å². The van der Waals surface area contributed by atoms with Crippen LogP contribution in [0.25, 0.3) is 0 Å². The number of ether oxygens (including phenoxy) is 2. The molecule has 0 unspecified atom stereocenters. The lowest BCUT2D eigenvalue weighted by molar-refractivity contribution is 0.0791. The van der Waals surface area contributed by atoms with Gasteiger partial charge in [-0.2, -0.15) is 0 Å². The normalized spacial score (nSPS) is 13.5. The molecular weight excluding hydrogens is 308 g/mol. The fourth-order valence-electron chi connectivity index (χ4n) is 2.38. The van der Waals surface area contributed by atoms with E-state index >= 15 is 0 Å². The Balaban J connectivity index is 2.11. The lowest BCUT2D eigenvalue weighted by atomic mass is 9.93. The van der Waals surface area contributed by atoms with Gasteiger partial charge in [0.1, 0.15) is 5.75 Å². The predicted molar refractivity (Wildman–Crippen MR) is 96.5 cm³/mol. The molecule has 0 bridgehead atoms. The standard InChI is InChI=1S/C18H24N2O2S/c1-20-23-14-18(19,16-10-6-7-11-17(16)21-2)13-22-12-15-8-4-3-5-9-15/h3-11,20H,12-14,19H2,1-2H3/t18-/m0/s1. The average Bonchev–Trinajstić information content (AvgIpc) is 2.61. The third kappa shape index (κ3) is 4.97. The second kappa shape index (κ2) is 8.93. The van der Waals surface area contributed by atoms with Gasteiger partial charge in [-0.05, 0) is 18.7 Å². The van der Waals surface area contributed by atoms with Crippen LogP contribution in [0.2, 0.25) is 0 Å². The molecule has 2 aromatic rings. The molecule has 0 radical (unpaired) electrons. The molecule has 1 atom stereocenters. The van der Waals surface area contributed by atoms with E-state index in [1.807, 2.05) is 61.6 Å². The Kier molecular flexibility index (Phi) is 6.92. The molecule has 5 heteroatoms. The van der Waals surface area contributed by atoms with Gasteiger partial charge in [-0.15, -0.1) is 0 Å². The van der Waals surface area contributed by atoms with Crippen molar-refractivity contribution in [3.8, 4) is 5.75 Å². The predicted octanol–water partition coefficient (Wildman–Crippen LogP) is 2.93. The summed E-state index contributed by atoms with van der Waals surface area (Å²) in [6.07, 6.45) is 0. The van der Waals surface area contributed by atoms with Crippen LogP contribution in [0.5, 0.6) is 5.75 Å². The number of para-hydroxylation sites is 1. The topological polar surface area (TPSA) is 56.5 Å². The summed E-state index contributed by atoms with van der Waals surface area (Å²) in [5.74, 6) is 1.47. The lowest BCUT2D eigenvalue weighted by Crippen LogP contribution is -2.44. The van der Waals surface area contributed by atoms with Gasteiger partial charge in [0, 0.05) is 11.3 Å². The average molecular weight is 332 g/mol. The molecule has 0 aliphatic carbocycles. The Hall–Kier alpha value is -1.53. The maximum atomic E-state index is 6.68. The molecule has 124 valence electrons. The molecule has 0 saturated heterocycles. The molecule has 0 amide bonds. The summed E-state index contributed by atoms with van der Waals surface area (Å²) in [7, 11) is 3.55. The molecule has 23 heavy (non-hydrogen) atoms. The maximum Gasteiger partial charge on any atom is 0.124 e. The van der Waals surface area contributed by atoms with Crippen LogP contribution in [-0.4, -0.2) is 26.5 Å². The fourth-order valence-corrected chi connectivity index (χ4v) is 3.02. The number of benzene rings is 2. The van der Waals surface area contributed by atoms with E-state index in [0.717, 1.165) is 16.9 Å². The van der Waals surface area contributed by atoms with Crippen molar-refractivity contribution < 1.29 is 9.47 Å². The van der Waals surface area contributed by atoms with Crippen molar-refractivity contribution in [1.29, 1.82) is 0 Å². The number of hydrogen-bond donors (Lipinski definition) is 2. The minimum absolute atomic E-state index is 0.414. The van der Waals surface area contributed by atoms with Crippen molar-refractivity contribution in [3.05, 3.63) is 65.7 Å². The van der Waals surface area contributed by atoms with E-state index in [0.29, 0.717) is 19.0 Å². The lowest BCUT2D eigenvalue weighted by Gasteiger charge is -2.30. The van der Waals surface area contributed by atoms with Gasteiger partial charge in [0.2, 0.25) is 0 Å². The summed E-state index contributed by atoms with van der Waals surface area (Å²) in [6, 6.07) is 17.9. The first-order valence-corrected chi connectivity index (χ1v) is 8.51. The van der Waals surface area contributed by atoms with Crippen LogP contribution in [0.15, 0.2) is 54.6 Å². The smallest absolute Gasteiger partial charge is 0.124 e. The summed E-state index contributed by atoms with van der Waals surface area (Å²) in [4.78, 5) is 0. The largest absolute Gasteiger partial charge is 0.496 e. The zero-order valence-corrected chi connectivity index (χ0v) is 14.4. The molecule has 0 fully saturated rings. The van der Waals surface area contributed by atoms with Crippen LogP contribution < -0.4 is 15.2 Å². The second-order valence-corrected chi connectivity index (χ2v) is 6.31. The highest BCUT2D eigenvalue weighted by Gasteiger charge is 2.31. The highest BCUT2D eigenvalue weighted by atomic mass is 32.2. The maximum absolute atomic E-state index is 6.68. The van der Waals surface area contributed by atoms with E-state index < -0.39 is 5.54 Å². The van der Waals surface area contributed by atoms with Crippen LogP contribution in [-0.2, 0) is 16.9 Å². The van der Waals surface area contributed by atoms with Crippen molar-refractivity contribution in [2.24, 2.45) is 5.73 Å². The number of rotatable bonds is 9. The third-order valence-corrected chi connectivity index (χ3v) is 4.54. The van der Waals surface area contributed by atoms with Gasteiger partial charge >= 0.3 is 0 Å². The minimum atomic E-state index is -0.630. The fraction of sp³-hybridized carbons (Fsp3) is 0.333. The quantitative estimate of drug-likeness (QED) is 0.692. The summed E-state index contributed by atoms with van der Waals surface area (Å²) in [5.41, 5.74) is 8.14. The third-order valence-electron chi connectivity index (χ3n) is 3.59. The highest BCUT2D eigenvalue weighted by Crippen LogP contribution is 2.30. The number of nitrogens with one attached hydrogen (secondary N) is 1. The van der Waals surface area contributed by atoms with Crippen molar-refractivity contribution in [2.75, 3.05) is 26.5 Å². The van der Waals surface area contributed by atoms with Gasteiger partial charge < -0.3 is 15.2 Å². The Labute approximate surface area is 142 Å². The molecule has 2 rings (SSSR count). The molecule has 0 saturated carbocycles. The molecular formula is C18H24N2O2S. The zero-order valence-electron chi connectivity index (χ0n) is 13.6. The van der Waals surface area contributed by atoms with Crippen molar-refractivity contribution in [2.45, 2.75) is 12.1 Å². The molecule has 0 aromatic heterocycles. The molecule has 0 spiro atoms. The van der Waals surface area contributed by atoms with E-state index in [1.54, 1.807) is 19.1 Å². The van der Waals surface area contributed by atoms with Gasteiger partial charge in [0.05, 0.1) is 25.9 Å². The number of methoxy groups -OCH3 is 1. The first kappa shape index (κ1) is 17.8. The molecule has 4 nitrogen and oxygen atoms in total. The number of hydrogen-bond acceptors (Lipinski definition) is 5. The highest BCUT2D eigenvalue weighted by molar-refractivity contribution is 7.97. The van der Waals surface area contributed by atoms with E-state index in [-0.39, 0.29) is 0 Å². The molecule has 0 aliphatic heterocycles. The second-order valence-electron chi connectivity index (χ2n) is 5.33. The monoisotopic (exact) mass is 332 g/mol. The SMILES string of the molecule is CNSC[C@@](N)(COCc1ccccc1)c1ccccc1OC. The van der Waals surface area contributed by atoms with Gasteiger partial charge in [-0.1, -0.05) is 60.5 Å². The van der Waals surface area contributed by atoms with E-state index in [9.17, 15) is 0 Å². The zero-order chi connectivity index (χ0) is 16.5. The summed E-state index contributed by atoms with van der Waals surface area (Å²) < 4.78 is 14.5. The van der Waals surface area contributed by atoms with E-state index in [4.69, 9.17) is 15.2 Å². The Bertz CT molecular complexity index is 595. The van der Waals surface area contributed by atoms with E-state index in [2.05, 4.69) is 4.72 Å². The minimum Gasteiger partial charge on any atom is -0.496 e. The molecule has 0 heterocycles. The molecule has 3 N–H and O–H groups in total.